The van der Waals surface area contributed by atoms with Crippen LogP contribution in [0.4, 0.5) is 34.6 Å². The van der Waals surface area contributed by atoms with Gasteiger partial charge in [-0.1, -0.05) is 18.2 Å². The minimum absolute atomic E-state index is 0.336. The fourth-order valence-corrected chi connectivity index (χ4v) is 3.33. The van der Waals surface area contributed by atoms with Crippen LogP contribution < -0.4 is 21.3 Å². The van der Waals surface area contributed by atoms with Crippen LogP contribution in [0.1, 0.15) is 12.5 Å². The van der Waals surface area contributed by atoms with E-state index in [9.17, 15) is 0 Å². The van der Waals surface area contributed by atoms with Crippen molar-refractivity contribution in [3.8, 4) is 0 Å². The minimum atomic E-state index is 0.336. The summed E-state index contributed by atoms with van der Waals surface area (Å²) in [5.74, 6) is 2.10. The molecule has 3 heterocycles. The van der Waals surface area contributed by atoms with Gasteiger partial charge in [0.25, 0.3) is 0 Å². The summed E-state index contributed by atoms with van der Waals surface area (Å²) in [7, 11) is 0. The maximum Gasteiger partial charge on any atom is 0.171 e. The second kappa shape index (κ2) is 11.1. The van der Waals surface area contributed by atoms with Gasteiger partial charge in [0.15, 0.2) is 17.5 Å². The lowest BCUT2D eigenvalue weighted by atomic mass is 10.2. The van der Waals surface area contributed by atoms with Crippen LogP contribution in [-0.4, -0.2) is 47.5 Å². The SMILES string of the molecule is C/C=C\C=Nc1ccc(CNc2nc(Nc3cc(N4CCOCC4)ccn3)cnc2N)cc1. The zero-order valence-electron chi connectivity index (χ0n) is 18.6. The van der Waals surface area contributed by atoms with Gasteiger partial charge in [-0.3, -0.25) is 4.99 Å². The molecule has 0 aliphatic carbocycles. The Hall–Kier alpha value is -3.98. The molecule has 170 valence electrons. The lowest BCUT2D eigenvalue weighted by Gasteiger charge is -2.28. The molecule has 0 amide bonds. The van der Waals surface area contributed by atoms with E-state index in [0.29, 0.717) is 29.8 Å². The number of benzene rings is 1. The van der Waals surface area contributed by atoms with Crippen LogP contribution in [0.3, 0.4) is 0 Å². The molecule has 4 N–H and O–H groups in total. The summed E-state index contributed by atoms with van der Waals surface area (Å²) < 4.78 is 5.43. The number of rotatable bonds is 8. The van der Waals surface area contributed by atoms with Gasteiger partial charge in [0.1, 0.15) is 5.82 Å². The molecule has 1 saturated heterocycles. The van der Waals surface area contributed by atoms with Gasteiger partial charge in [0.2, 0.25) is 0 Å². The van der Waals surface area contributed by atoms with Crippen molar-refractivity contribution >= 4 is 40.9 Å². The van der Waals surface area contributed by atoms with Crippen molar-refractivity contribution in [2.24, 2.45) is 4.99 Å². The van der Waals surface area contributed by atoms with Gasteiger partial charge in [-0.15, -0.1) is 0 Å². The van der Waals surface area contributed by atoms with Gasteiger partial charge in [0, 0.05) is 43.8 Å². The van der Waals surface area contributed by atoms with Crippen molar-refractivity contribution in [3.63, 3.8) is 0 Å². The number of allylic oxidation sites excluding steroid dienone is 2. The number of morpholine rings is 1. The monoisotopic (exact) mass is 444 g/mol. The second-order valence-electron chi connectivity index (χ2n) is 7.44. The van der Waals surface area contributed by atoms with E-state index in [4.69, 9.17) is 10.5 Å². The smallest absolute Gasteiger partial charge is 0.171 e. The minimum Gasteiger partial charge on any atom is -0.381 e. The largest absolute Gasteiger partial charge is 0.381 e. The van der Waals surface area contributed by atoms with Gasteiger partial charge < -0.3 is 26.0 Å². The number of pyridine rings is 1. The number of ether oxygens (including phenoxy) is 1. The molecule has 0 spiro atoms. The number of nitrogen functional groups attached to an aromatic ring is 1. The van der Waals surface area contributed by atoms with Gasteiger partial charge in [-0.25, -0.2) is 15.0 Å². The predicted molar refractivity (Wildman–Crippen MR) is 134 cm³/mol. The molecule has 9 heteroatoms. The summed E-state index contributed by atoms with van der Waals surface area (Å²) in [5, 5.41) is 6.48. The van der Waals surface area contributed by atoms with E-state index < -0.39 is 0 Å². The highest BCUT2D eigenvalue weighted by Crippen LogP contribution is 2.23. The number of nitrogens with zero attached hydrogens (tertiary/aromatic N) is 5. The maximum atomic E-state index is 6.04. The third kappa shape index (κ3) is 6.27. The average molecular weight is 445 g/mol. The first kappa shape index (κ1) is 22.2. The normalized spacial score (nSPS) is 14.2. The number of anilines is 5. The van der Waals surface area contributed by atoms with Crippen molar-refractivity contribution in [2.75, 3.05) is 47.6 Å². The van der Waals surface area contributed by atoms with Crippen molar-refractivity contribution in [3.05, 3.63) is 66.5 Å². The Morgan fingerprint density at radius 3 is 2.73 bits per heavy atom. The van der Waals surface area contributed by atoms with Crippen molar-refractivity contribution in [2.45, 2.75) is 13.5 Å². The Bertz CT molecular complexity index is 1110. The highest BCUT2D eigenvalue weighted by Gasteiger charge is 2.12. The summed E-state index contributed by atoms with van der Waals surface area (Å²) in [6.45, 7) is 5.71. The second-order valence-corrected chi connectivity index (χ2v) is 7.44. The molecule has 9 nitrogen and oxygen atoms in total. The van der Waals surface area contributed by atoms with Gasteiger partial charge in [-0.2, -0.15) is 0 Å². The Morgan fingerprint density at radius 1 is 1.12 bits per heavy atom. The quantitative estimate of drug-likeness (QED) is 0.448. The summed E-state index contributed by atoms with van der Waals surface area (Å²) in [6, 6.07) is 12.0. The number of hydrogen-bond acceptors (Lipinski definition) is 9. The molecular formula is C24H28N8O. The summed E-state index contributed by atoms with van der Waals surface area (Å²) in [6.07, 6.45) is 8.98. The topological polar surface area (TPSA) is 114 Å². The third-order valence-electron chi connectivity index (χ3n) is 5.08. The van der Waals surface area contributed by atoms with Gasteiger partial charge in [0.05, 0.1) is 25.1 Å². The molecule has 0 atom stereocenters. The van der Waals surface area contributed by atoms with E-state index in [1.807, 2.05) is 55.5 Å². The zero-order chi connectivity index (χ0) is 22.9. The van der Waals surface area contributed by atoms with E-state index >= 15 is 0 Å². The lowest BCUT2D eigenvalue weighted by molar-refractivity contribution is 0.122. The molecule has 0 radical (unpaired) electrons. The average Bonchev–Trinajstić information content (AvgIpc) is 2.86. The first-order chi connectivity index (χ1) is 16.2. The van der Waals surface area contributed by atoms with Crippen LogP contribution in [0.25, 0.3) is 0 Å². The van der Waals surface area contributed by atoms with E-state index in [2.05, 4.69) is 35.5 Å². The molecule has 0 bridgehead atoms. The maximum absolute atomic E-state index is 6.04. The van der Waals surface area contributed by atoms with Crippen LogP contribution in [0.2, 0.25) is 0 Å². The van der Waals surface area contributed by atoms with Crippen LogP contribution >= 0.6 is 0 Å². The Balaban J connectivity index is 1.40. The van der Waals surface area contributed by atoms with Gasteiger partial charge in [-0.05, 0) is 36.8 Å². The Labute approximate surface area is 193 Å². The standard InChI is InChI=1S/C24H28N8O/c1-2-3-9-26-19-6-4-18(5-7-19)16-29-24-23(25)28-17-22(31-24)30-21-15-20(8-10-27-21)32-11-13-33-14-12-32/h2-10,15,17H,11-14,16H2,1H3,(H2,25,28)(H2,27,29,30,31)/b3-2-,26-9?. The molecule has 3 aromatic rings. The van der Waals surface area contributed by atoms with Crippen LogP contribution in [0.15, 0.2) is 65.9 Å². The number of hydrogen-bond donors (Lipinski definition) is 3. The summed E-state index contributed by atoms with van der Waals surface area (Å²) in [5.41, 5.74) is 9.11. The van der Waals surface area contributed by atoms with Gasteiger partial charge >= 0.3 is 0 Å². The fourth-order valence-electron chi connectivity index (χ4n) is 3.33. The molecule has 0 unspecified atom stereocenters. The Morgan fingerprint density at radius 2 is 1.94 bits per heavy atom. The van der Waals surface area contributed by atoms with Crippen molar-refractivity contribution in [1.82, 2.24) is 15.0 Å². The summed E-state index contributed by atoms with van der Waals surface area (Å²) >= 11 is 0. The molecule has 4 rings (SSSR count). The first-order valence-electron chi connectivity index (χ1n) is 10.9. The third-order valence-corrected chi connectivity index (χ3v) is 5.08. The molecule has 33 heavy (non-hydrogen) atoms. The molecular weight excluding hydrogens is 416 g/mol. The van der Waals surface area contributed by atoms with Crippen molar-refractivity contribution in [1.29, 1.82) is 0 Å². The van der Waals surface area contributed by atoms with E-state index in [0.717, 1.165) is 43.2 Å². The number of nitrogens with two attached hydrogens (primary N) is 1. The first-order valence-corrected chi connectivity index (χ1v) is 10.9. The zero-order valence-corrected chi connectivity index (χ0v) is 18.6. The molecule has 1 aliphatic heterocycles. The van der Waals surface area contributed by atoms with E-state index in [1.54, 1.807) is 18.6 Å². The predicted octanol–water partition coefficient (Wildman–Crippen LogP) is 3.92. The number of nitrogens with one attached hydrogen (secondary N) is 2. The highest BCUT2D eigenvalue weighted by atomic mass is 16.5. The summed E-state index contributed by atoms with van der Waals surface area (Å²) in [4.78, 5) is 19.9. The van der Waals surface area contributed by atoms with Crippen LogP contribution in [0.5, 0.6) is 0 Å². The van der Waals surface area contributed by atoms with E-state index in [-0.39, 0.29) is 0 Å². The van der Waals surface area contributed by atoms with Crippen molar-refractivity contribution < 1.29 is 4.74 Å². The fraction of sp³-hybridized carbons (Fsp3) is 0.250. The lowest BCUT2D eigenvalue weighted by Crippen LogP contribution is -2.36. The molecule has 1 aliphatic rings. The van der Waals surface area contributed by atoms with E-state index in [1.165, 1.54) is 0 Å². The number of aliphatic imine (C=N–C) groups is 1. The van der Waals surface area contributed by atoms with Crippen LogP contribution in [0, 0.1) is 0 Å². The van der Waals surface area contributed by atoms with Crippen LogP contribution in [-0.2, 0) is 11.3 Å². The highest BCUT2D eigenvalue weighted by molar-refractivity contribution is 5.74. The molecule has 0 saturated carbocycles. The molecule has 1 fully saturated rings. The number of aromatic nitrogens is 3. The molecule has 1 aromatic carbocycles. The molecule has 2 aromatic heterocycles. The Kier molecular flexibility index (Phi) is 7.44.